The SMILES string of the molecule is NCc1ccc(-c2ccc([N+](=O)[O-])cc2)s1. The fraction of sp³-hybridized carbons (Fsp3) is 0.0909. The summed E-state index contributed by atoms with van der Waals surface area (Å²) in [4.78, 5) is 12.3. The minimum Gasteiger partial charge on any atom is -0.326 e. The summed E-state index contributed by atoms with van der Waals surface area (Å²) < 4.78 is 0. The van der Waals surface area contributed by atoms with Crippen molar-refractivity contribution in [3.8, 4) is 10.4 Å². The van der Waals surface area contributed by atoms with Gasteiger partial charge in [-0.15, -0.1) is 11.3 Å². The van der Waals surface area contributed by atoms with Gasteiger partial charge in [0, 0.05) is 28.4 Å². The number of benzene rings is 1. The van der Waals surface area contributed by atoms with Gasteiger partial charge < -0.3 is 5.73 Å². The number of nitro groups is 1. The highest BCUT2D eigenvalue weighted by Crippen LogP contribution is 2.29. The summed E-state index contributed by atoms with van der Waals surface area (Å²) in [6, 6.07) is 10.5. The second-order valence-electron chi connectivity index (χ2n) is 3.27. The monoisotopic (exact) mass is 234 g/mol. The van der Waals surface area contributed by atoms with E-state index in [4.69, 9.17) is 5.73 Å². The molecule has 0 aliphatic heterocycles. The van der Waals surface area contributed by atoms with Crippen LogP contribution in [0.25, 0.3) is 10.4 Å². The molecule has 0 aliphatic carbocycles. The van der Waals surface area contributed by atoms with E-state index in [1.54, 1.807) is 23.5 Å². The summed E-state index contributed by atoms with van der Waals surface area (Å²) in [6.07, 6.45) is 0. The van der Waals surface area contributed by atoms with Crippen molar-refractivity contribution < 1.29 is 4.92 Å². The van der Waals surface area contributed by atoms with Crippen LogP contribution in [-0.4, -0.2) is 4.92 Å². The zero-order valence-corrected chi connectivity index (χ0v) is 9.24. The van der Waals surface area contributed by atoms with Gasteiger partial charge in [-0.05, 0) is 29.8 Å². The second-order valence-corrected chi connectivity index (χ2v) is 4.44. The third-order valence-electron chi connectivity index (χ3n) is 2.23. The van der Waals surface area contributed by atoms with Gasteiger partial charge in [0.15, 0.2) is 0 Å². The van der Waals surface area contributed by atoms with Crippen LogP contribution >= 0.6 is 11.3 Å². The van der Waals surface area contributed by atoms with Crippen LogP contribution in [0.15, 0.2) is 36.4 Å². The first-order chi connectivity index (χ1) is 7.70. The van der Waals surface area contributed by atoms with Crippen LogP contribution in [0, 0.1) is 10.1 Å². The standard InChI is InChI=1S/C11H10N2O2S/c12-7-10-5-6-11(16-10)8-1-3-9(4-2-8)13(14)15/h1-6H,7,12H2. The third kappa shape index (κ3) is 2.10. The molecule has 5 heteroatoms. The molecule has 16 heavy (non-hydrogen) atoms. The van der Waals surface area contributed by atoms with E-state index < -0.39 is 4.92 Å². The molecule has 0 bridgehead atoms. The van der Waals surface area contributed by atoms with E-state index in [0.29, 0.717) is 6.54 Å². The summed E-state index contributed by atoms with van der Waals surface area (Å²) in [7, 11) is 0. The summed E-state index contributed by atoms with van der Waals surface area (Å²) in [6.45, 7) is 0.525. The van der Waals surface area contributed by atoms with Crippen LogP contribution in [0.4, 0.5) is 5.69 Å². The van der Waals surface area contributed by atoms with Gasteiger partial charge in [0.05, 0.1) is 4.92 Å². The lowest BCUT2D eigenvalue weighted by atomic mass is 10.2. The van der Waals surface area contributed by atoms with Gasteiger partial charge in [0.1, 0.15) is 0 Å². The molecular weight excluding hydrogens is 224 g/mol. The Bertz CT molecular complexity index is 505. The van der Waals surface area contributed by atoms with Gasteiger partial charge in [0.2, 0.25) is 0 Å². The Labute approximate surface area is 96.5 Å². The van der Waals surface area contributed by atoms with Crippen LogP contribution in [0.2, 0.25) is 0 Å². The lowest BCUT2D eigenvalue weighted by molar-refractivity contribution is -0.384. The predicted octanol–water partition coefficient (Wildman–Crippen LogP) is 2.78. The van der Waals surface area contributed by atoms with Crippen LogP contribution in [0.5, 0.6) is 0 Å². The van der Waals surface area contributed by atoms with E-state index >= 15 is 0 Å². The van der Waals surface area contributed by atoms with Crippen molar-refractivity contribution in [2.75, 3.05) is 0 Å². The molecule has 2 aromatic rings. The molecule has 0 aliphatic rings. The molecule has 0 atom stereocenters. The first-order valence-corrected chi connectivity index (χ1v) is 5.56. The Morgan fingerprint density at radius 1 is 1.19 bits per heavy atom. The van der Waals surface area contributed by atoms with E-state index in [9.17, 15) is 10.1 Å². The molecule has 1 heterocycles. The van der Waals surface area contributed by atoms with Crippen LogP contribution in [-0.2, 0) is 6.54 Å². The minimum atomic E-state index is -0.399. The summed E-state index contributed by atoms with van der Waals surface area (Å²) >= 11 is 1.61. The van der Waals surface area contributed by atoms with Gasteiger partial charge in [0.25, 0.3) is 5.69 Å². The van der Waals surface area contributed by atoms with Crippen molar-refractivity contribution in [3.05, 3.63) is 51.4 Å². The normalized spacial score (nSPS) is 10.3. The van der Waals surface area contributed by atoms with Crippen molar-refractivity contribution in [1.82, 2.24) is 0 Å². The molecular formula is C11H10N2O2S. The Balaban J connectivity index is 2.30. The van der Waals surface area contributed by atoms with E-state index in [1.165, 1.54) is 12.1 Å². The number of non-ortho nitro benzene ring substituents is 1. The van der Waals surface area contributed by atoms with E-state index in [-0.39, 0.29) is 5.69 Å². The molecule has 4 nitrogen and oxygen atoms in total. The maximum atomic E-state index is 10.5. The Morgan fingerprint density at radius 2 is 1.88 bits per heavy atom. The molecule has 1 aromatic heterocycles. The molecule has 2 N–H and O–H groups in total. The second kappa shape index (κ2) is 4.42. The summed E-state index contributed by atoms with van der Waals surface area (Å²) in [5, 5.41) is 10.5. The molecule has 0 saturated carbocycles. The first-order valence-electron chi connectivity index (χ1n) is 4.74. The molecule has 0 radical (unpaired) electrons. The van der Waals surface area contributed by atoms with Crippen LogP contribution < -0.4 is 5.73 Å². The number of hydrogen-bond acceptors (Lipinski definition) is 4. The molecule has 0 spiro atoms. The molecule has 1 aromatic carbocycles. The minimum absolute atomic E-state index is 0.111. The highest BCUT2D eigenvalue weighted by atomic mass is 32.1. The Hall–Kier alpha value is -1.72. The van der Waals surface area contributed by atoms with Gasteiger partial charge in [-0.1, -0.05) is 0 Å². The largest absolute Gasteiger partial charge is 0.326 e. The summed E-state index contributed by atoms with van der Waals surface area (Å²) in [5.41, 5.74) is 6.62. The lowest BCUT2D eigenvalue weighted by Gasteiger charge is -1.96. The van der Waals surface area contributed by atoms with Crippen molar-refractivity contribution in [3.63, 3.8) is 0 Å². The average Bonchev–Trinajstić information content (AvgIpc) is 2.77. The van der Waals surface area contributed by atoms with Crippen LogP contribution in [0.1, 0.15) is 4.88 Å². The smallest absolute Gasteiger partial charge is 0.269 e. The number of nitro benzene ring substituents is 1. The fourth-order valence-electron chi connectivity index (χ4n) is 1.39. The topological polar surface area (TPSA) is 69.2 Å². The number of hydrogen-bond donors (Lipinski definition) is 1. The molecule has 2 rings (SSSR count). The number of nitrogens with two attached hydrogens (primary N) is 1. The van der Waals surface area contributed by atoms with Crippen molar-refractivity contribution >= 4 is 17.0 Å². The zero-order chi connectivity index (χ0) is 11.5. The van der Waals surface area contributed by atoms with Gasteiger partial charge in [-0.2, -0.15) is 0 Å². The fourth-order valence-corrected chi connectivity index (χ4v) is 2.28. The predicted molar refractivity (Wildman–Crippen MR) is 64.3 cm³/mol. The number of rotatable bonds is 3. The molecule has 82 valence electrons. The van der Waals surface area contributed by atoms with Gasteiger partial charge in [-0.3, -0.25) is 10.1 Å². The first kappa shape index (κ1) is 10.8. The quantitative estimate of drug-likeness (QED) is 0.655. The number of thiophene rings is 1. The third-order valence-corrected chi connectivity index (χ3v) is 3.38. The lowest BCUT2D eigenvalue weighted by Crippen LogP contribution is -1.91. The van der Waals surface area contributed by atoms with E-state index in [1.807, 2.05) is 12.1 Å². The van der Waals surface area contributed by atoms with Crippen molar-refractivity contribution in [2.45, 2.75) is 6.54 Å². The summed E-state index contributed by atoms with van der Waals surface area (Å²) in [5.74, 6) is 0. The maximum Gasteiger partial charge on any atom is 0.269 e. The van der Waals surface area contributed by atoms with E-state index in [0.717, 1.165) is 15.3 Å². The number of nitrogens with zero attached hydrogens (tertiary/aromatic N) is 1. The highest BCUT2D eigenvalue weighted by molar-refractivity contribution is 7.15. The Morgan fingerprint density at radius 3 is 2.38 bits per heavy atom. The van der Waals surface area contributed by atoms with Crippen molar-refractivity contribution in [1.29, 1.82) is 0 Å². The molecule has 0 amide bonds. The van der Waals surface area contributed by atoms with Gasteiger partial charge in [-0.25, -0.2) is 0 Å². The van der Waals surface area contributed by atoms with Crippen LogP contribution in [0.3, 0.4) is 0 Å². The van der Waals surface area contributed by atoms with Crippen molar-refractivity contribution in [2.24, 2.45) is 5.73 Å². The maximum absolute atomic E-state index is 10.5. The zero-order valence-electron chi connectivity index (χ0n) is 8.42. The van der Waals surface area contributed by atoms with E-state index in [2.05, 4.69) is 0 Å². The molecule has 0 unspecified atom stereocenters. The highest BCUT2D eigenvalue weighted by Gasteiger charge is 2.06. The average molecular weight is 234 g/mol. The van der Waals surface area contributed by atoms with Gasteiger partial charge >= 0.3 is 0 Å². The molecule has 0 fully saturated rings. The molecule has 0 saturated heterocycles. The Kier molecular flexibility index (Phi) is 2.98.